The average Bonchev–Trinajstić information content (AvgIpc) is 2.46. The first-order chi connectivity index (χ1) is 9.97. The van der Waals surface area contributed by atoms with E-state index >= 15 is 0 Å². The van der Waals surface area contributed by atoms with E-state index in [-0.39, 0.29) is 17.2 Å². The molecule has 2 amide bonds. The number of hydrogen-bond acceptors (Lipinski definition) is 3. The number of carbonyl (C=O) groups is 2. The maximum Gasteiger partial charge on any atom is 0.254 e. The number of morpholine rings is 1. The number of hydrogen-bond donors (Lipinski definition) is 1. The number of benzene rings is 1. The summed E-state index contributed by atoms with van der Waals surface area (Å²) in [6, 6.07) is 5.55. The van der Waals surface area contributed by atoms with Gasteiger partial charge in [0.1, 0.15) is 0 Å². The van der Waals surface area contributed by atoms with Crippen molar-refractivity contribution in [1.29, 1.82) is 0 Å². The Morgan fingerprint density at radius 1 is 1.29 bits per heavy atom. The van der Waals surface area contributed by atoms with Crippen LogP contribution in [-0.2, 0) is 14.9 Å². The van der Waals surface area contributed by atoms with E-state index < -0.39 is 0 Å². The fourth-order valence-electron chi connectivity index (χ4n) is 2.99. The zero-order valence-corrected chi connectivity index (χ0v) is 12.4. The summed E-state index contributed by atoms with van der Waals surface area (Å²) in [5, 5.41) is 2.88. The van der Waals surface area contributed by atoms with Crippen molar-refractivity contribution in [3.63, 3.8) is 0 Å². The molecule has 2 heterocycles. The number of carbonyl (C=O) groups excluding carboxylic acids is 2. The maximum absolute atomic E-state index is 12.5. The molecule has 2 aliphatic rings. The summed E-state index contributed by atoms with van der Waals surface area (Å²) in [5.74, 6) is 0.0635. The van der Waals surface area contributed by atoms with Gasteiger partial charge in [-0.05, 0) is 23.8 Å². The lowest BCUT2D eigenvalue weighted by atomic mass is 9.77. The van der Waals surface area contributed by atoms with Crippen molar-refractivity contribution in [3.05, 3.63) is 29.3 Å². The maximum atomic E-state index is 12.5. The fraction of sp³-hybridized carbons (Fsp3) is 0.500. The lowest BCUT2D eigenvalue weighted by molar-refractivity contribution is -0.117. The second kappa shape index (κ2) is 5.15. The molecule has 0 radical (unpaired) electrons. The van der Waals surface area contributed by atoms with Crippen molar-refractivity contribution in [2.45, 2.75) is 25.7 Å². The van der Waals surface area contributed by atoms with Gasteiger partial charge in [-0.1, -0.05) is 13.8 Å². The van der Waals surface area contributed by atoms with Gasteiger partial charge >= 0.3 is 0 Å². The van der Waals surface area contributed by atoms with Crippen molar-refractivity contribution in [2.24, 2.45) is 0 Å². The largest absolute Gasteiger partial charge is 0.378 e. The van der Waals surface area contributed by atoms with Crippen LogP contribution < -0.4 is 5.32 Å². The van der Waals surface area contributed by atoms with Crippen LogP contribution in [0.15, 0.2) is 18.2 Å². The van der Waals surface area contributed by atoms with Crippen LogP contribution in [0.5, 0.6) is 0 Å². The second-order valence-corrected chi connectivity index (χ2v) is 6.27. The van der Waals surface area contributed by atoms with Crippen LogP contribution in [-0.4, -0.2) is 43.0 Å². The van der Waals surface area contributed by atoms with Crippen LogP contribution >= 0.6 is 0 Å². The minimum absolute atomic E-state index is 0.0276. The lowest BCUT2D eigenvalue weighted by Gasteiger charge is -2.33. The molecule has 1 N–H and O–H groups in total. The van der Waals surface area contributed by atoms with E-state index in [0.717, 1.165) is 11.3 Å². The number of fused-ring (bicyclic) bond motifs is 1. The van der Waals surface area contributed by atoms with E-state index in [1.807, 2.05) is 30.9 Å². The predicted octanol–water partition coefficient (Wildman–Crippen LogP) is 1.78. The van der Waals surface area contributed by atoms with Crippen LogP contribution in [0.3, 0.4) is 0 Å². The summed E-state index contributed by atoms with van der Waals surface area (Å²) in [7, 11) is 0. The van der Waals surface area contributed by atoms with Crippen LogP contribution in [0.2, 0.25) is 0 Å². The molecule has 0 atom stereocenters. The predicted molar refractivity (Wildman–Crippen MR) is 79.4 cm³/mol. The number of rotatable bonds is 1. The Hall–Kier alpha value is -1.88. The van der Waals surface area contributed by atoms with E-state index in [1.165, 1.54) is 0 Å². The summed E-state index contributed by atoms with van der Waals surface area (Å²) in [6.45, 7) is 6.53. The van der Waals surface area contributed by atoms with E-state index in [4.69, 9.17) is 4.74 Å². The second-order valence-electron chi connectivity index (χ2n) is 6.27. The SMILES string of the molecule is CC1(C)CC(=O)Nc2ccc(C(=O)N3CCOCC3)cc21. The van der Waals surface area contributed by atoms with Crippen molar-refractivity contribution in [2.75, 3.05) is 31.6 Å². The molecule has 1 aromatic carbocycles. The van der Waals surface area contributed by atoms with Gasteiger partial charge in [0.2, 0.25) is 5.91 Å². The molecule has 1 saturated heterocycles. The third-order valence-corrected chi connectivity index (χ3v) is 4.17. The molecule has 1 fully saturated rings. The van der Waals surface area contributed by atoms with Gasteiger partial charge in [0.05, 0.1) is 13.2 Å². The van der Waals surface area contributed by atoms with Gasteiger partial charge in [-0.3, -0.25) is 9.59 Å². The van der Waals surface area contributed by atoms with Crippen molar-refractivity contribution in [1.82, 2.24) is 4.90 Å². The molecular weight excluding hydrogens is 268 g/mol. The number of nitrogens with zero attached hydrogens (tertiary/aromatic N) is 1. The molecule has 21 heavy (non-hydrogen) atoms. The molecule has 112 valence electrons. The molecule has 0 bridgehead atoms. The number of anilines is 1. The summed E-state index contributed by atoms with van der Waals surface area (Å²) >= 11 is 0. The molecule has 0 spiro atoms. The van der Waals surface area contributed by atoms with Crippen LogP contribution in [0, 0.1) is 0 Å². The monoisotopic (exact) mass is 288 g/mol. The number of amides is 2. The Labute approximate surface area is 124 Å². The smallest absolute Gasteiger partial charge is 0.254 e. The topological polar surface area (TPSA) is 58.6 Å². The molecule has 0 unspecified atom stereocenters. The highest BCUT2D eigenvalue weighted by Gasteiger charge is 2.32. The summed E-state index contributed by atoms with van der Waals surface area (Å²) in [6.07, 6.45) is 0.440. The zero-order valence-electron chi connectivity index (χ0n) is 12.4. The highest BCUT2D eigenvalue weighted by molar-refractivity contribution is 5.99. The van der Waals surface area contributed by atoms with Crippen molar-refractivity contribution < 1.29 is 14.3 Å². The van der Waals surface area contributed by atoms with Crippen LogP contribution in [0.1, 0.15) is 36.2 Å². The molecule has 3 rings (SSSR count). The molecule has 1 aromatic rings. The third-order valence-electron chi connectivity index (χ3n) is 4.17. The standard InChI is InChI=1S/C16H20N2O3/c1-16(2)10-14(19)17-13-4-3-11(9-12(13)16)15(20)18-5-7-21-8-6-18/h3-4,9H,5-8,10H2,1-2H3,(H,17,19). The molecule has 0 aliphatic carbocycles. The quantitative estimate of drug-likeness (QED) is 0.857. The lowest BCUT2D eigenvalue weighted by Crippen LogP contribution is -2.41. The minimum atomic E-state index is -0.251. The Morgan fingerprint density at radius 3 is 2.71 bits per heavy atom. The zero-order chi connectivity index (χ0) is 15.0. The van der Waals surface area contributed by atoms with Crippen molar-refractivity contribution >= 4 is 17.5 Å². The van der Waals surface area contributed by atoms with E-state index in [2.05, 4.69) is 5.32 Å². The van der Waals surface area contributed by atoms with Crippen LogP contribution in [0.4, 0.5) is 5.69 Å². The molecule has 5 nitrogen and oxygen atoms in total. The first-order valence-corrected chi connectivity index (χ1v) is 7.29. The first-order valence-electron chi connectivity index (χ1n) is 7.29. The summed E-state index contributed by atoms with van der Waals surface area (Å²) < 4.78 is 5.28. The van der Waals surface area contributed by atoms with Crippen molar-refractivity contribution in [3.8, 4) is 0 Å². The molecule has 5 heteroatoms. The minimum Gasteiger partial charge on any atom is -0.378 e. The van der Waals surface area contributed by atoms with Gasteiger partial charge in [-0.25, -0.2) is 0 Å². The number of ether oxygens (including phenoxy) is 1. The Kier molecular flexibility index (Phi) is 3.45. The van der Waals surface area contributed by atoms with E-state index in [9.17, 15) is 9.59 Å². The highest BCUT2D eigenvalue weighted by atomic mass is 16.5. The van der Waals surface area contributed by atoms with Crippen LogP contribution in [0.25, 0.3) is 0 Å². The normalized spacial score (nSPS) is 20.7. The highest BCUT2D eigenvalue weighted by Crippen LogP contribution is 2.37. The van der Waals surface area contributed by atoms with Gasteiger partial charge in [-0.2, -0.15) is 0 Å². The van der Waals surface area contributed by atoms with Gasteiger partial charge < -0.3 is 15.0 Å². The first kappa shape index (κ1) is 14.1. The fourth-order valence-corrected chi connectivity index (χ4v) is 2.99. The van der Waals surface area contributed by atoms with E-state index in [0.29, 0.717) is 38.3 Å². The Balaban J connectivity index is 1.92. The van der Waals surface area contributed by atoms with E-state index in [1.54, 1.807) is 6.07 Å². The summed E-state index contributed by atoms with van der Waals surface area (Å²) in [5.41, 5.74) is 2.27. The van der Waals surface area contributed by atoms with Gasteiger partial charge in [-0.15, -0.1) is 0 Å². The molecule has 2 aliphatic heterocycles. The molecule has 0 aromatic heterocycles. The molecule has 0 saturated carbocycles. The Morgan fingerprint density at radius 2 is 2.00 bits per heavy atom. The van der Waals surface area contributed by atoms with Gasteiger partial charge in [0.25, 0.3) is 5.91 Å². The number of nitrogens with one attached hydrogen (secondary N) is 1. The average molecular weight is 288 g/mol. The Bertz CT molecular complexity index is 589. The summed E-state index contributed by atoms with van der Waals surface area (Å²) in [4.78, 5) is 26.1. The molecular formula is C16H20N2O3. The third kappa shape index (κ3) is 2.65. The van der Waals surface area contributed by atoms with Gasteiger partial charge in [0, 0.05) is 36.2 Å². The van der Waals surface area contributed by atoms with Gasteiger partial charge in [0.15, 0.2) is 0 Å².